The summed E-state index contributed by atoms with van der Waals surface area (Å²) < 4.78 is 19.3. The molecule has 6 heteroatoms. The summed E-state index contributed by atoms with van der Waals surface area (Å²) in [5.74, 6) is 0.374. The summed E-state index contributed by atoms with van der Waals surface area (Å²) in [5, 5.41) is 4.34. The molecular formula is C25H28FN3O2. The van der Waals surface area contributed by atoms with E-state index in [1.807, 2.05) is 6.07 Å². The molecule has 0 aliphatic carbocycles. The molecule has 3 aliphatic rings. The van der Waals surface area contributed by atoms with Gasteiger partial charge in [0, 0.05) is 50.9 Å². The van der Waals surface area contributed by atoms with Gasteiger partial charge in [-0.05, 0) is 24.6 Å². The third-order valence-electron chi connectivity index (χ3n) is 6.31. The molecule has 2 aromatic rings. The SMILES string of the molecule is CC(=Cc1ccccc1)CN1CCN(CC2ON=C3c4ccc(F)cc4OCC32)CC1. The fraction of sp³-hybridized carbons (Fsp3) is 0.400. The molecule has 1 fully saturated rings. The van der Waals surface area contributed by atoms with E-state index in [4.69, 9.17) is 9.57 Å². The number of ether oxygens (including phenoxy) is 1. The zero-order valence-electron chi connectivity index (χ0n) is 17.8. The zero-order chi connectivity index (χ0) is 21.2. The van der Waals surface area contributed by atoms with Gasteiger partial charge >= 0.3 is 0 Å². The third kappa shape index (κ3) is 4.50. The molecule has 3 aliphatic heterocycles. The Morgan fingerprint density at radius 1 is 1.10 bits per heavy atom. The first-order valence-corrected chi connectivity index (χ1v) is 11.0. The lowest BCUT2D eigenvalue weighted by Gasteiger charge is -2.36. The van der Waals surface area contributed by atoms with Gasteiger partial charge in [-0.15, -0.1) is 0 Å². The van der Waals surface area contributed by atoms with Crippen LogP contribution in [0.1, 0.15) is 18.1 Å². The highest BCUT2D eigenvalue weighted by molar-refractivity contribution is 6.06. The Balaban J connectivity index is 1.13. The van der Waals surface area contributed by atoms with Crippen LogP contribution in [0.15, 0.2) is 59.3 Å². The van der Waals surface area contributed by atoms with E-state index in [9.17, 15) is 4.39 Å². The number of nitrogens with zero attached hydrogens (tertiary/aromatic N) is 3. The van der Waals surface area contributed by atoms with E-state index >= 15 is 0 Å². The van der Waals surface area contributed by atoms with Crippen molar-refractivity contribution in [3.05, 3.63) is 71.0 Å². The summed E-state index contributed by atoms with van der Waals surface area (Å²) >= 11 is 0. The van der Waals surface area contributed by atoms with E-state index in [1.165, 1.54) is 23.3 Å². The Kier molecular flexibility index (Phi) is 5.74. The maximum absolute atomic E-state index is 13.5. The van der Waals surface area contributed by atoms with Crippen molar-refractivity contribution < 1.29 is 14.0 Å². The van der Waals surface area contributed by atoms with Crippen LogP contribution in [0.3, 0.4) is 0 Å². The number of piperazine rings is 1. The highest BCUT2D eigenvalue weighted by Crippen LogP contribution is 2.34. The van der Waals surface area contributed by atoms with Crippen molar-refractivity contribution in [1.29, 1.82) is 0 Å². The summed E-state index contributed by atoms with van der Waals surface area (Å²) in [4.78, 5) is 10.8. The van der Waals surface area contributed by atoms with Crippen LogP contribution in [0, 0.1) is 11.7 Å². The Morgan fingerprint density at radius 2 is 1.87 bits per heavy atom. The number of rotatable bonds is 5. The first-order chi connectivity index (χ1) is 15.2. The number of hydrogen-bond acceptors (Lipinski definition) is 5. The molecular weight excluding hydrogens is 393 g/mol. The number of halogens is 1. The molecule has 0 radical (unpaired) electrons. The van der Waals surface area contributed by atoms with Crippen molar-refractivity contribution >= 4 is 11.8 Å². The largest absolute Gasteiger partial charge is 0.492 e. The maximum atomic E-state index is 13.5. The van der Waals surface area contributed by atoms with Gasteiger partial charge in [-0.3, -0.25) is 9.80 Å². The van der Waals surface area contributed by atoms with Gasteiger partial charge in [0.25, 0.3) is 0 Å². The van der Waals surface area contributed by atoms with Crippen molar-refractivity contribution in [1.82, 2.24) is 9.80 Å². The fourth-order valence-electron chi connectivity index (χ4n) is 4.66. The minimum absolute atomic E-state index is 0.0144. The lowest BCUT2D eigenvalue weighted by molar-refractivity contribution is 0.0101. The molecule has 31 heavy (non-hydrogen) atoms. The van der Waals surface area contributed by atoms with Crippen molar-refractivity contribution in [2.45, 2.75) is 13.0 Å². The molecule has 3 heterocycles. The zero-order valence-corrected chi connectivity index (χ0v) is 17.8. The van der Waals surface area contributed by atoms with Crippen LogP contribution in [0.5, 0.6) is 5.75 Å². The monoisotopic (exact) mass is 421 g/mol. The predicted molar refractivity (Wildman–Crippen MR) is 120 cm³/mol. The van der Waals surface area contributed by atoms with Crippen LogP contribution in [0.2, 0.25) is 0 Å². The average molecular weight is 422 g/mol. The smallest absolute Gasteiger partial charge is 0.151 e. The topological polar surface area (TPSA) is 37.3 Å². The average Bonchev–Trinajstić information content (AvgIpc) is 3.18. The second kappa shape index (κ2) is 8.81. The molecule has 0 amide bonds. The minimum atomic E-state index is -0.292. The van der Waals surface area contributed by atoms with Crippen LogP contribution < -0.4 is 4.74 Å². The van der Waals surface area contributed by atoms with Crippen molar-refractivity contribution in [3.63, 3.8) is 0 Å². The van der Waals surface area contributed by atoms with Gasteiger partial charge in [-0.2, -0.15) is 0 Å². The van der Waals surface area contributed by atoms with E-state index in [0.29, 0.717) is 12.4 Å². The van der Waals surface area contributed by atoms with Crippen LogP contribution >= 0.6 is 0 Å². The summed E-state index contributed by atoms with van der Waals surface area (Å²) in [6, 6.07) is 15.1. The summed E-state index contributed by atoms with van der Waals surface area (Å²) in [6.07, 6.45) is 2.25. The van der Waals surface area contributed by atoms with E-state index in [1.54, 1.807) is 6.07 Å². The molecule has 2 unspecified atom stereocenters. The third-order valence-corrected chi connectivity index (χ3v) is 6.31. The molecule has 0 spiro atoms. The molecule has 5 nitrogen and oxygen atoms in total. The first-order valence-electron chi connectivity index (χ1n) is 11.0. The van der Waals surface area contributed by atoms with Crippen LogP contribution in [-0.2, 0) is 4.84 Å². The molecule has 2 atom stereocenters. The van der Waals surface area contributed by atoms with Crippen LogP contribution in [-0.4, -0.2) is 67.5 Å². The van der Waals surface area contributed by atoms with Crippen LogP contribution in [0.4, 0.5) is 4.39 Å². The highest BCUT2D eigenvalue weighted by Gasteiger charge is 2.40. The number of fused-ring (bicyclic) bond motifs is 3. The quantitative estimate of drug-likeness (QED) is 0.739. The van der Waals surface area contributed by atoms with Crippen molar-refractivity contribution in [2.75, 3.05) is 45.9 Å². The van der Waals surface area contributed by atoms with Gasteiger partial charge in [-0.25, -0.2) is 4.39 Å². The van der Waals surface area contributed by atoms with E-state index in [2.05, 4.69) is 52.2 Å². The molecule has 0 aromatic heterocycles. The standard InChI is InChI=1S/C25H28FN3O2/c1-18(13-19-5-3-2-4-6-19)15-28-9-11-29(12-10-28)16-24-22-17-30-23-14-20(26)7-8-21(23)25(22)27-31-24/h2-8,13-14,22,24H,9-12,15-17H2,1H3. The number of hydrogen-bond donors (Lipinski definition) is 0. The Bertz CT molecular complexity index is 984. The number of oxime groups is 1. The second-order valence-electron chi connectivity index (χ2n) is 8.66. The van der Waals surface area contributed by atoms with Crippen molar-refractivity contribution in [2.24, 2.45) is 11.1 Å². The molecule has 2 aromatic carbocycles. The Morgan fingerprint density at radius 3 is 2.68 bits per heavy atom. The summed E-state index contributed by atoms with van der Waals surface area (Å²) in [5.41, 5.74) is 4.38. The fourth-order valence-corrected chi connectivity index (χ4v) is 4.66. The molecule has 1 saturated heterocycles. The molecule has 162 valence electrons. The minimum Gasteiger partial charge on any atom is -0.492 e. The van der Waals surface area contributed by atoms with Gasteiger partial charge in [-0.1, -0.05) is 47.1 Å². The number of benzene rings is 2. The van der Waals surface area contributed by atoms with Gasteiger partial charge in [0.1, 0.15) is 23.9 Å². The van der Waals surface area contributed by atoms with Gasteiger partial charge in [0.15, 0.2) is 6.10 Å². The molecule has 0 N–H and O–H groups in total. The summed E-state index contributed by atoms with van der Waals surface area (Å²) in [6.45, 7) is 8.66. The molecule has 5 rings (SSSR count). The van der Waals surface area contributed by atoms with E-state index < -0.39 is 0 Å². The maximum Gasteiger partial charge on any atom is 0.151 e. The van der Waals surface area contributed by atoms with Gasteiger partial charge < -0.3 is 9.57 Å². The normalized spacial score (nSPS) is 24.1. The first kappa shape index (κ1) is 20.2. The van der Waals surface area contributed by atoms with E-state index in [-0.39, 0.29) is 17.8 Å². The highest BCUT2D eigenvalue weighted by atomic mass is 19.1. The van der Waals surface area contributed by atoms with Gasteiger partial charge in [0.2, 0.25) is 0 Å². The Labute approximate surface area is 182 Å². The molecule has 0 bridgehead atoms. The lowest BCUT2D eigenvalue weighted by Crippen LogP contribution is -2.50. The van der Waals surface area contributed by atoms with E-state index in [0.717, 1.165) is 50.5 Å². The lowest BCUT2D eigenvalue weighted by atomic mass is 9.90. The second-order valence-corrected chi connectivity index (χ2v) is 8.66. The van der Waals surface area contributed by atoms with Gasteiger partial charge in [0.05, 0.1) is 5.92 Å². The van der Waals surface area contributed by atoms with Crippen molar-refractivity contribution in [3.8, 4) is 5.75 Å². The molecule has 0 saturated carbocycles. The Hall–Kier alpha value is -2.70. The summed E-state index contributed by atoms with van der Waals surface area (Å²) in [7, 11) is 0. The predicted octanol–water partition coefficient (Wildman–Crippen LogP) is 3.66. The van der Waals surface area contributed by atoms with Crippen LogP contribution in [0.25, 0.3) is 6.08 Å².